The number of rotatable bonds is 1. The Hall–Kier alpha value is -1.08. The van der Waals surface area contributed by atoms with Crippen LogP contribution in [0, 0.1) is 16.7 Å². The molecule has 1 aliphatic heterocycles. The van der Waals surface area contributed by atoms with Crippen LogP contribution in [0.25, 0.3) is 0 Å². The number of carbonyl (C=O) groups excluding carboxylic acids is 1. The van der Waals surface area contributed by atoms with Crippen LogP contribution >= 0.6 is 0 Å². The topological polar surface area (TPSA) is 53.3 Å². The van der Waals surface area contributed by atoms with Crippen molar-refractivity contribution in [2.75, 3.05) is 13.1 Å². The van der Waals surface area contributed by atoms with Crippen LogP contribution in [-0.4, -0.2) is 35.6 Å². The van der Waals surface area contributed by atoms with Crippen LogP contribution in [-0.2, 0) is 9.53 Å². The minimum Gasteiger partial charge on any atom is -0.369 e. The molecule has 1 saturated heterocycles. The van der Waals surface area contributed by atoms with Crippen LogP contribution < -0.4 is 0 Å². The van der Waals surface area contributed by atoms with E-state index in [-0.39, 0.29) is 17.6 Å². The van der Waals surface area contributed by atoms with Gasteiger partial charge in [-0.2, -0.15) is 5.26 Å². The van der Waals surface area contributed by atoms with Crippen LogP contribution in [0.4, 0.5) is 0 Å². The van der Waals surface area contributed by atoms with E-state index in [2.05, 4.69) is 6.07 Å². The van der Waals surface area contributed by atoms with Crippen molar-refractivity contribution >= 4 is 5.91 Å². The summed E-state index contributed by atoms with van der Waals surface area (Å²) in [6.07, 6.45) is 4.59. The standard InChI is InChI=1S/C15H24N2O2/c1-12-9-17(11-14(2,3)19-12)13(18)15(10-16)7-5-4-6-8-15/h12H,4-9,11H2,1-3H3/t12-/m1/s1. The smallest absolute Gasteiger partial charge is 0.243 e. The van der Waals surface area contributed by atoms with Gasteiger partial charge in [0.25, 0.3) is 0 Å². The van der Waals surface area contributed by atoms with Crippen LogP contribution in [0.2, 0.25) is 0 Å². The maximum Gasteiger partial charge on any atom is 0.243 e. The lowest BCUT2D eigenvalue weighted by Gasteiger charge is -2.44. The Morgan fingerprint density at radius 3 is 2.47 bits per heavy atom. The number of nitrogens with zero attached hydrogens (tertiary/aromatic N) is 2. The molecular formula is C15H24N2O2. The first-order valence-corrected chi connectivity index (χ1v) is 7.27. The molecule has 4 nitrogen and oxygen atoms in total. The second-order valence-corrected chi connectivity index (χ2v) is 6.63. The first-order valence-electron chi connectivity index (χ1n) is 7.27. The largest absolute Gasteiger partial charge is 0.369 e. The molecule has 0 N–H and O–H groups in total. The lowest BCUT2D eigenvalue weighted by atomic mass is 9.74. The molecule has 1 heterocycles. The highest BCUT2D eigenvalue weighted by Crippen LogP contribution is 2.38. The molecule has 106 valence electrons. The third-order valence-corrected chi connectivity index (χ3v) is 4.19. The van der Waals surface area contributed by atoms with E-state index in [1.165, 1.54) is 0 Å². The van der Waals surface area contributed by atoms with Crippen molar-refractivity contribution < 1.29 is 9.53 Å². The van der Waals surface area contributed by atoms with E-state index >= 15 is 0 Å². The molecule has 0 aromatic heterocycles. The van der Waals surface area contributed by atoms with E-state index in [1.54, 1.807) is 0 Å². The summed E-state index contributed by atoms with van der Waals surface area (Å²) in [4.78, 5) is 14.6. The molecule has 1 saturated carbocycles. The fraction of sp³-hybridized carbons (Fsp3) is 0.867. The van der Waals surface area contributed by atoms with Crippen LogP contribution in [0.3, 0.4) is 0 Å². The van der Waals surface area contributed by atoms with Crippen molar-refractivity contribution in [1.29, 1.82) is 5.26 Å². The van der Waals surface area contributed by atoms with Gasteiger partial charge in [0.15, 0.2) is 0 Å². The van der Waals surface area contributed by atoms with Gasteiger partial charge in [-0.1, -0.05) is 19.3 Å². The molecule has 0 unspecified atom stereocenters. The van der Waals surface area contributed by atoms with E-state index in [1.807, 2.05) is 25.7 Å². The minimum absolute atomic E-state index is 0.0259. The third-order valence-electron chi connectivity index (χ3n) is 4.19. The second-order valence-electron chi connectivity index (χ2n) is 6.63. The maximum atomic E-state index is 12.8. The van der Waals surface area contributed by atoms with Gasteiger partial charge in [-0.25, -0.2) is 0 Å². The zero-order valence-electron chi connectivity index (χ0n) is 12.2. The predicted octanol–water partition coefficient (Wildman–Crippen LogP) is 2.49. The number of hydrogen-bond donors (Lipinski definition) is 0. The average molecular weight is 264 g/mol. The fourth-order valence-electron chi connectivity index (χ4n) is 3.44. The van der Waals surface area contributed by atoms with Gasteiger partial charge >= 0.3 is 0 Å². The summed E-state index contributed by atoms with van der Waals surface area (Å²) >= 11 is 0. The van der Waals surface area contributed by atoms with Crippen molar-refractivity contribution in [2.24, 2.45) is 5.41 Å². The first-order chi connectivity index (χ1) is 8.88. The highest BCUT2D eigenvalue weighted by Gasteiger charge is 2.45. The zero-order chi connectivity index (χ0) is 14.1. The summed E-state index contributed by atoms with van der Waals surface area (Å²) in [7, 11) is 0. The Balaban J connectivity index is 2.16. The first kappa shape index (κ1) is 14.3. The maximum absolute atomic E-state index is 12.8. The van der Waals surface area contributed by atoms with Crippen molar-refractivity contribution in [3.8, 4) is 6.07 Å². The Kier molecular flexibility index (Phi) is 3.87. The molecule has 0 radical (unpaired) electrons. The molecule has 0 aromatic carbocycles. The average Bonchev–Trinajstić information content (AvgIpc) is 2.36. The molecule has 0 bridgehead atoms. The quantitative estimate of drug-likeness (QED) is 0.731. The van der Waals surface area contributed by atoms with Gasteiger partial charge in [0, 0.05) is 13.1 Å². The Morgan fingerprint density at radius 2 is 1.95 bits per heavy atom. The second kappa shape index (κ2) is 5.13. The van der Waals surface area contributed by atoms with E-state index in [9.17, 15) is 10.1 Å². The highest BCUT2D eigenvalue weighted by atomic mass is 16.5. The number of nitriles is 1. The zero-order valence-corrected chi connectivity index (χ0v) is 12.2. The number of amides is 1. The molecule has 1 aliphatic carbocycles. The van der Waals surface area contributed by atoms with Gasteiger partial charge in [0.2, 0.25) is 5.91 Å². The summed E-state index contributed by atoms with van der Waals surface area (Å²) in [6, 6.07) is 2.32. The van der Waals surface area contributed by atoms with Crippen molar-refractivity contribution in [2.45, 2.75) is 64.6 Å². The SMILES string of the molecule is C[C@@H]1CN(C(=O)C2(C#N)CCCCC2)CC(C)(C)O1. The lowest BCUT2D eigenvalue weighted by Crippen LogP contribution is -2.57. The number of carbonyl (C=O) groups is 1. The van der Waals surface area contributed by atoms with Gasteiger partial charge in [-0.05, 0) is 33.6 Å². The molecular weight excluding hydrogens is 240 g/mol. The molecule has 1 atom stereocenters. The molecule has 2 fully saturated rings. The van der Waals surface area contributed by atoms with E-state index in [4.69, 9.17) is 4.74 Å². The van der Waals surface area contributed by atoms with Gasteiger partial charge in [0.05, 0.1) is 17.8 Å². The normalized spacial score (nSPS) is 29.6. The third kappa shape index (κ3) is 2.92. The van der Waals surface area contributed by atoms with Crippen molar-refractivity contribution in [3.05, 3.63) is 0 Å². The van der Waals surface area contributed by atoms with Gasteiger partial charge in [-0.3, -0.25) is 4.79 Å². The van der Waals surface area contributed by atoms with E-state index in [0.29, 0.717) is 25.9 Å². The van der Waals surface area contributed by atoms with Crippen LogP contribution in [0.15, 0.2) is 0 Å². The molecule has 19 heavy (non-hydrogen) atoms. The van der Waals surface area contributed by atoms with Crippen LogP contribution in [0.1, 0.15) is 52.9 Å². The van der Waals surface area contributed by atoms with Crippen LogP contribution in [0.5, 0.6) is 0 Å². The summed E-state index contributed by atoms with van der Waals surface area (Å²) in [5.41, 5.74) is -1.09. The van der Waals surface area contributed by atoms with Gasteiger partial charge < -0.3 is 9.64 Å². The Labute approximate surface area is 115 Å². The van der Waals surface area contributed by atoms with E-state index in [0.717, 1.165) is 19.3 Å². The summed E-state index contributed by atoms with van der Waals surface area (Å²) in [5, 5.41) is 9.51. The number of morpholine rings is 1. The monoisotopic (exact) mass is 264 g/mol. The lowest BCUT2D eigenvalue weighted by molar-refractivity contribution is -0.165. The summed E-state index contributed by atoms with van der Waals surface area (Å²) in [6.45, 7) is 7.18. The van der Waals surface area contributed by atoms with Crippen molar-refractivity contribution in [3.63, 3.8) is 0 Å². The van der Waals surface area contributed by atoms with E-state index < -0.39 is 5.41 Å². The number of hydrogen-bond acceptors (Lipinski definition) is 3. The minimum atomic E-state index is -0.772. The summed E-state index contributed by atoms with van der Waals surface area (Å²) in [5.74, 6) is 0.0259. The summed E-state index contributed by atoms with van der Waals surface area (Å²) < 4.78 is 5.83. The molecule has 0 aromatic rings. The van der Waals surface area contributed by atoms with Gasteiger partial charge in [0.1, 0.15) is 5.41 Å². The van der Waals surface area contributed by atoms with Crippen molar-refractivity contribution in [1.82, 2.24) is 4.90 Å². The Morgan fingerprint density at radius 1 is 1.32 bits per heavy atom. The predicted molar refractivity (Wildman–Crippen MR) is 72.3 cm³/mol. The molecule has 2 aliphatic rings. The molecule has 4 heteroatoms. The molecule has 0 spiro atoms. The molecule has 2 rings (SSSR count). The highest BCUT2D eigenvalue weighted by molar-refractivity contribution is 5.85. The number of ether oxygens (including phenoxy) is 1. The fourth-order valence-corrected chi connectivity index (χ4v) is 3.44. The molecule has 1 amide bonds. The van der Waals surface area contributed by atoms with Gasteiger partial charge in [-0.15, -0.1) is 0 Å². The Bertz CT molecular complexity index is 391.